The summed E-state index contributed by atoms with van der Waals surface area (Å²) in [5.74, 6) is -1.19. The summed E-state index contributed by atoms with van der Waals surface area (Å²) in [6.07, 6.45) is -8.33. The van der Waals surface area contributed by atoms with Gasteiger partial charge in [-0.25, -0.2) is 4.57 Å². The van der Waals surface area contributed by atoms with Crippen LogP contribution in [0.1, 0.15) is 0 Å². The summed E-state index contributed by atoms with van der Waals surface area (Å²) < 4.78 is 14.2. The van der Waals surface area contributed by atoms with Crippen LogP contribution in [0.2, 0.25) is 0 Å². The molecule has 0 heterocycles. The molecule has 10 nitrogen and oxygen atoms in total. The molecule has 0 amide bonds. The van der Waals surface area contributed by atoms with Gasteiger partial charge in [-0.15, -0.1) is 0 Å². The Balaban J connectivity index is 4.40. The second-order valence-electron chi connectivity index (χ2n) is 3.40. The number of hydrogen-bond acceptors (Lipinski definition) is 8. The summed E-state index contributed by atoms with van der Waals surface area (Å²) in [5.41, 5.74) is 0. The van der Waals surface area contributed by atoms with Crippen molar-refractivity contribution in [2.75, 3.05) is 13.2 Å². The third-order valence-corrected chi connectivity index (χ3v) is 2.45. The Hall–Kier alpha value is -0.420. The van der Waals surface area contributed by atoms with Crippen LogP contribution >= 0.6 is 7.82 Å². The fourth-order valence-electron chi connectivity index (χ4n) is 0.970. The van der Waals surface area contributed by atoms with Crippen LogP contribution in [0.15, 0.2) is 0 Å². The zero-order valence-corrected chi connectivity index (χ0v) is 9.92. The largest absolute Gasteiger partial charge is 0.469 e. The molecule has 4 unspecified atom stereocenters. The average Bonchev–Trinajstić information content (AvgIpc) is 2.31. The predicted octanol–water partition coefficient (Wildman–Crippen LogP) is -3.90. The minimum absolute atomic E-state index is 1.03. The fraction of sp³-hybridized carbons (Fsp3) is 0.857. The molecule has 0 aliphatic heterocycles. The number of aliphatic hydroxyl groups excluding tert-OH is 5. The Bertz CT molecular complexity index is 313. The van der Waals surface area contributed by atoms with E-state index in [0.717, 1.165) is 0 Å². The van der Waals surface area contributed by atoms with Gasteiger partial charge in [-0.3, -0.25) is 9.32 Å². The number of Topliss-reactive ketones (excluding diaryl/α,β-unsaturated/α-hetero) is 1. The molecule has 0 rings (SSSR count). The van der Waals surface area contributed by atoms with Crippen molar-refractivity contribution in [2.24, 2.45) is 0 Å². The van der Waals surface area contributed by atoms with Gasteiger partial charge in [0.1, 0.15) is 31.0 Å². The van der Waals surface area contributed by atoms with Crippen LogP contribution in [-0.4, -0.2) is 78.7 Å². The SMILES string of the molecule is O=C(CO)C(O)C(O)C(O)C(O)COP(=O)(O)O. The van der Waals surface area contributed by atoms with E-state index in [0.29, 0.717) is 0 Å². The van der Waals surface area contributed by atoms with Crippen molar-refractivity contribution in [2.45, 2.75) is 24.4 Å². The number of carbonyl (C=O) groups excluding carboxylic acids is 1. The average molecular weight is 290 g/mol. The van der Waals surface area contributed by atoms with Gasteiger partial charge >= 0.3 is 7.82 Å². The van der Waals surface area contributed by atoms with E-state index in [1.54, 1.807) is 0 Å². The molecule has 108 valence electrons. The van der Waals surface area contributed by atoms with Crippen molar-refractivity contribution >= 4 is 13.6 Å². The molecule has 11 heteroatoms. The summed E-state index contributed by atoms with van der Waals surface area (Å²) in [4.78, 5) is 27.4. The van der Waals surface area contributed by atoms with Crippen LogP contribution in [-0.2, 0) is 13.9 Å². The lowest BCUT2D eigenvalue weighted by Gasteiger charge is -2.25. The third kappa shape index (κ3) is 5.96. The number of hydrogen-bond donors (Lipinski definition) is 7. The minimum atomic E-state index is -4.86. The first kappa shape index (κ1) is 17.6. The molecule has 0 aliphatic carbocycles. The molecule has 0 saturated heterocycles. The number of rotatable bonds is 8. The van der Waals surface area contributed by atoms with E-state index in [1.807, 2.05) is 0 Å². The van der Waals surface area contributed by atoms with E-state index in [2.05, 4.69) is 4.52 Å². The second kappa shape index (κ2) is 7.24. The lowest BCUT2D eigenvalue weighted by atomic mass is 10.0. The van der Waals surface area contributed by atoms with Crippen molar-refractivity contribution in [3.63, 3.8) is 0 Å². The third-order valence-electron chi connectivity index (χ3n) is 1.97. The van der Waals surface area contributed by atoms with Crippen LogP contribution in [0.3, 0.4) is 0 Å². The molecule has 0 aromatic heterocycles. The van der Waals surface area contributed by atoms with Crippen LogP contribution in [0, 0.1) is 0 Å². The quantitative estimate of drug-likeness (QED) is 0.218. The molecule has 0 aromatic carbocycles. The molecule has 18 heavy (non-hydrogen) atoms. The molecular weight excluding hydrogens is 275 g/mol. The molecule has 7 N–H and O–H groups in total. The summed E-state index contributed by atoms with van der Waals surface area (Å²) in [6, 6.07) is 0. The van der Waals surface area contributed by atoms with Gasteiger partial charge in [0.05, 0.1) is 6.61 Å². The maximum absolute atomic E-state index is 10.8. The van der Waals surface area contributed by atoms with Crippen molar-refractivity contribution in [1.82, 2.24) is 0 Å². The van der Waals surface area contributed by atoms with Gasteiger partial charge in [0.25, 0.3) is 0 Å². The van der Waals surface area contributed by atoms with Gasteiger partial charge in [-0.05, 0) is 0 Å². The highest BCUT2D eigenvalue weighted by Crippen LogP contribution is 2.35. The number of ketones is 1. The maximum Gasteiger partial charge on any atom is 0.469 e. The standard InChI is InChI=1S/C7H15O10P/c8-1-3(9)5(11)7(13)6(12)4(10)2-17-18(14,15)16/h4-8,10-13H,1-2H2,(H2,14,15,16). The molecule has 0 saturated carbocycles. The highest BCUT2D eigenvalue weighted by molar-refractivity contribution is 7.46. The Labute approximate surface area is 101 Å². The number of carbonyl (C=O) groups is 1. The molecule has 4 atom stereocenters. The molecule has 0 fully saturated rings. The predicted molar refractivity (Wildman–Crippen MR) is 54.1 cm³/mol. The second-order valence-corrected chi connectivity index (χ2v) is 4.64. The van der Waals surface area contributed by atoms with Crippen LogP contribution in [0.4, 0.5) is 0 Å². The van der Waals surface area contributed by atoms with E-state index < -0.39 is 51.2 Å². The lowest BCUT2D eigenvalue weighted by Crippen LogP contribution is -2.49. The highest BCUT2D eigenvalue weighted by atomic mass is 31.2. The summed E-state index contributed by atoms with van der Waals surface area (Å²) >= 11 is 0. The van der Waals surface area contributed by atoms with Gasteiger partial charge in [0, 0.05) is 0 Å². The Morgan fingerprint density at radius 3 is 2.00 bits per heavy atom. The Kier molecular flexibility index (Phi) is 7.07. The Morgan fingerprint density at radius 2 is 1.61 bits per heavy atom. The molecule has 0 spiro atoms. The van der Waals surface area contributed by atoms with Crippen LogP contribution < -0.4 is 0 Å². The van der Waals surface area contributed by atoms with Crippen molar-refractivity contribution in [1.29, 1.82) is 0 Å². The van der Waals surface area contributed by atoms with Crippen molar-refractivity contribution in [3.05, 3.63) is 0 Å². The number of aliphatic hydroxyl groups is 5. The van der Waals surface area contributed by atoms with Gasteiger partial charge in [-0.2, -0.15) is 0 Å². The monoisotopic (exact) mass is 290 g/mol. The zero-order valence-electron chi connectivity index (χ0n) is 9.03. The highest BCUT2D eigenvalue weighted by Gasteiger charge is 2.34. The van der Waals surface area contributed by atoms with E-state index >= 15 is 0 Å². The molecule has 0 aromatic rings. The Morgan fingerprint density at radius 1 is 1.11 bits per heavy atom. The van der Waals surface area contributed by atoms with Crippen LogP contribution in [0.5, 0.6) is 0 Å². The molecule has 0 radical (unpaired) electrons. The minimum Gasteiger partial charge on any atom is -0.388 e. The molecular formula is C7H15O10P. The van der Waals surface area contributed by atoms with E-state index in [-0.39, 0.29) is 0 Å². The summed E-state index contributed by atoms with van der Waals surface area (Å²) in [7, 11) is -4.86. The zero-order chi connectivity index (χ0) is 14.5. The lowest BCUT2D eigenvalue weighted by molar-refractivity contribution is -0.149. The normalized spacial score (nSPS) is 19.1. The topological polar surface area (TPSA) is 185 Å². The fourth-order valence-corrected chi connectivity index (χ4v) is 1.32. The van der Waals surface area contributed by atoms with Gasteiger partial charge < -0.3 is 35.3 Å². The van der Waals surface area contributed by atoms with Crippen molar-refractivity contribution < 1.29 is 49.2 Å². The van der Waals surface area contributed by atoms with E-state index in [1.165, 1.54) is 0 Å². The number of phosphoric ester groups is 1. The van der Waals surface area contributed by atoms with Gasteiger partial charge in [0.2, 0.25) is 0 Å². The van der Waals surface area contributed by atoms with Gasteiger partial charge in [-0.1, -0.05) is 0 Å². The first-order valence-electron chi connectivity index (χ1n) is 4.66. The van der Waals surface area contributed by atoms with Gasteiger partial charge in [0.15, 0.2) is 5.78 Å². The van der Waals surface area contributed by atoms with Crippen molar-refractivity contribution in [3.8, 4) is 0 Å². The summed E-state index contributed by atoms with van der Waals surface area (Å²) in [6.45, 7) is -2.11. The number of phosphoric acid groups is 1. The molecule has 0 aliphatic rings. The first-order valence-corrected chi connectivity index (χ1v) is 6.19. The first-order chi connectivity index (χ1) is 8.10. The summed E-state index contributed by atoms with van der Waals surface area (Å²) in [5, 5.41) is 45.2. The van der Waals surface area contributed by atoms with E-state index in [4.69, 9.17) is 20.0 Å². The van der Waals surface area contributed by atoms with E-state index in [9.17, 15) is 24.7 Å². The smallest absolute Gasteiger partial charge is 0.388 e. The molecule has 0 bridgehead atoms. The maximum atomic E-state index is 10.8. The van der Waals surface area contributed by atoms with Crippen LogP contribution in [0.25, 0.3) is 0 Å².